The van der Waals surface area contributed by atoms with Gasteiger partial charge in [-0.1, -0.05) is 24.3 Å². The zero-order valence-corrected chi connectivity index (χ0v) is 11.3. The quantitative estimate of drug-likeness (QED) is 0.771. The average Bonchev–Trinajstić information content (AvgIpc) is 3.05. The minimum atomic E-state index is 0.457. The Bertz CT molecular complexity index is 658. The van der Waals surface area contributed by atoms with E-state index >= 15 is 0 Å². The Labute approximate surface area is 115 Å². The van der Waals surface area contributed by atoms with Crippen LogP contribution in [-0.2, 0) is 24.5 Å². The standard InChI is InChI=1S/C15H15NO2S/c16-8-13-12-5-1-2-6-14(12)18-15(13)10-17-9-11-4-3-7-19-11/h1-7H,8-10,16H2. The van der Waals surface area contributed by atoms with Gasteiger partial charge < -0.3 is 14.9 Å². The minimum Gasteiger partial charge on any atom is -0.458 e. The third-order valence-electron chi connectivity index (χ3n) is 3.04. The first-order valence-electron chi connectivity index (χ1n) is 6.18. The monoisotopic (exact) mass is 273 g/mol. The first kappa shape index (κ1) is 12.4. The highest BCUT2D eigenvalue weighted by Gasteiger charge is 2.12. The molecular formula is C15H15NO2S. The first-order valence-corrected chi connectivity index (χ1v) is 7.06. The summed E-state index contributed by atoms with van der Waals surface area (Å²) >= 11 is 1.69. The smallest absolute Gasteiger partial charge is 0.135 e. The van der Waals surface area contributed by atoms with Crippen LogP contribution in [0.15, 0.2) is 46.2 Å². The summed E-state index contributed by atoms with van der Waals surface area (Å²) in [4.78, 5) is 1.21. The van der Waals surface area contributed by atoms with Crippen molar-refractivity contribution >= 4 is 22.3 Å². The number of hydrogen-bond acceptors (Lipinski definition) is 4. The number of benzene rings is 1. The molecule has 0 aliphatic heterocycles. The van der Waals surface area contributed by atoms with E-state index in [1.54, 1.807) is 11.3 Å². The minimum absolute atomic E-state index is 0.457. The number of ether oxygens (including phenoxy) is 1. The zero-order chi connectivity index (χ0) is 13.1. The van der Waals surface area contributed by atoms with Gasteiger partial charge in [-0.25, -0.2) is 0 Å². The van der Waals surface area contributed by atoms with Gasteiger partial charge in [-0.15, -0.1) is 11.3 Å². The highest BCUT2D eigenvalue weighted by atomic mass is 32.1. The molecule has 0 radical (unpaired) electrons. The van der Waals surface area contributed by atoms with E-state index < -0.39 is 0 Å². The van der Waals surface area contributed by atoms with E-state index in [-0.39, 0.29) is 0 Å². The second-order valence-electron chi connectivity index (χ2n) is 4.28. The van der Waals surface area contributed by atoms with Crippen molar-refractivity contribution in [3.8, 4) is 0 Å². The zero-order valence-electron chi connectivity index (χ0n) is 10.5. The predicted octanol–water partition coefficient (Wildman–Crippen LogP) is 3.67. The maximum Gasteiger partial charge on any atom is 0.135 e. The molecule has 98 valence electrons. The molecule has 0 saturated carbocycles. The first-order chi connectivity index (χ1) is 9.38. The second kappa shape index (κ2) is 5.57. The van der Waals surface area contributed by atoms with E-state index in [0.717, 1.165) is 22.3 Å². The van der Waals surface area contributed by atoms with E-state index in [1.807, 2.05) is 35.7 Å². The normalized spacial score (nSPS) is 11.2. The fraction of sp³-hybridized carbons (Fsp3) is 0.200. The van der Waals surface area contributed by atoms with E-state index in [9.17, 15) is 0 Å². The van der Waals surface area contributed by atoms with Crippen LogP contribution < -0.4 is 5.73 Å². The lowest BCUT2D eigenvalue weighted by Crippen LogP contribution is -2.00. The van der Waals surface area contributed by atoms with Gasteiger partial charge in [-0.05, 0) is 17.5 Å². The summed E-state index contributed by atoms with van der Waals surface area (Å²) in [6.07, 6.45) is 0. The van der Waals surface area contributed by atoms with Crippen LogP contribution in [0.2, 0.25) is 0 Å². The summed E-state index contributed by atoms with van der Waals surface area (Å²) in [7, 11) is 0. The van der Waals surface area contributed by atoms with Crippen molar-refractivity contribution in [2.45, 2.75) is 19.8 Å². The number of nitrogens with two attached hydrogens (primary N) is 1. The van der Waals surface area contributed by atoms with Crippen molar-refractivity contribution in [2.24, 2.45) is 5.73 Å². The summed E-state index contributed by atoms with van der Waals surface area (Å²) in [5, 5.41) is 3.13. The van der Waals surface area contributed by atoms with Crippen LogP contribution in [0.1, 0.15) is 16.2 Å². The summed E-state index contributed by atoms with van der Waals surface area (Å²) < 4.78 is 11.5. The van der Waals surface area contributed by atoms with Gasteiger partial charge in [0.2, 0.25) is 0 Å². The molecule has 3 aromatic rings. The van der Waals surface area contributed by atoms with Crippen LogP contribution >= 0.6 is 11.3 Å². The van der Waals surface area contributed by atoms with Crippen LogP contribution in [-0.4, -0.2) is 0 Å². The molecule has 0 bridgehead atoms. The molecule has 4 heteroatoms. The van der Waals surface area contributed by atoms with Crippen molar-refractivity contribution in [1.82, 2.24) is 0 Å². The SMILES string of the molecule is NCc1c(COCc2cccs2)oc2ccccc12. The third-order valence-corrected chi connectivity index (χ3v) is 3.89. The Morgan fingerprint density at radius 1 is 1.11 bits per heavy atom. The maximum absolute atomic E-state index is 5.81. The molecule has 0 spiro atoms. The van der Waals surface area contributed by atoms with Crippen molar-refractivity contribution in [2.75, 3.05) is 0 Å². The number of hydrogen-bond donors (Lipinski definition) is 1. The van der Waals surface area contributed by atoms with Crippen LogP contribution in [0.5, 0.6) is 0 Å². The van der Waals surface area contributed by atoms with Crippen LogP contribution in [0.3, 0.4) is 0 Å². The Hall–Kier alpha value is -1.62. The van der Waals surface area contributed by atoms with Gasteiger partial charge in [0.15, 0.2) is 0 Å². The van der Waals surface area contributed by atoms with Crippen molar-refractivity contribution in [1.29, 1.82) is 0 Å². The number of fused-ring (bicyclic) bond motifs is 1. The van der Waals surface area contributed by atoms with Crippen LogP contribution in [0, 0.1) is 0 Å². The summed E-state index contributed by atoms with van der Waals surface area (Å²) in [6.45, 7) is 1.53. The number of para-hydroxylation sites is 1. The highest BCUT2D eigenvalue weighted by Crippen LogP contribution is 2.26. The average molecular weight is 273 g/mol. The third kappa shape index (κ3) is 2.56. The molecule has 0 aliphatic rings. The van der Waals surface area contributed by atoms with Crippen molar-refractivity contribution < 1.29 is 9.15 Å². The molecule has 2 N–H and O–H groups in total. The Morgan fingerprint density at radius 3 is 2.79 bits per heavy atom. The van der Waals surface area contributed by atoms with Crippen molar-refractivity contribution in [3.05, 3.63) is 58.0 Å². The lowest BCUT2D eigenvalue weighted by Gasteiger charge is -2.02. The molecule has 0 atom stereocenters. The molecule has 19 heavy (non-hydrogen) atoms. The molecule has 0 unspecified atom stereocenters. The number of rotatable bonds is 5. The molecule has 2 aromatic heterocycles. The summed E-state index contributed by atoms with van der Waals surface area (Å²) in [5.41, 5.74) is 7.73. The van der Waals surface area contributed by atoms with E-state index in [1.165, 1.54) is 4.88 Å². The van der Waals surface area contributed by atoms with Gasteiger partial charge in [-0.2, -0.15) is 0 Å². The van der Waals surface area contributed by atoms with Gasteiger partial charge in [0, 0.05) is 22.4 Å². The lowest BCUT2D eigenvalue weighted by atomic mass is 10.1. The largest absolute Gasteiger partial charge is 0.458 e. The molecule has 3 rings (SSSR count). The number of furan rings is 1. The molecular weight excluding hydrogens is 258 g/mol. The van der Waals surface area contributed by atoms with Crippen LogP contribution in [0.4, 0.5) is 0 Å². The Kier molecular flexibility index (Phi) is 3.64. The topological polar surface area (TPSA) is 48.4 Å². The van der Waals surface area contributed by atoms with Gasteiger partial charge >= 0.3 is 0 Å². The van der Waals surface area contributed by atoms with Gasteiger partial charge in [-0.3, -0.25) is 0 Å². The summed E-state index contributed by atoms with van der Waals surface area (Å²) in [6, 6.07) is 12.0. The Balaban J connectivity index is 1.76. The molecule has 1 aromatic carbocycles. The molecule has 0 fully saturated rings. The lowest BCUT2D eigenvalue weighted by molar-refractivity contribution is 0.0952. The second-order valence-corrected chi connectivity index (χ2v) is 5.31. The van der Waals surface area contributed by atoms with E-state index in [4.69, 9.17) is 14.9 Å². The van der Waals surface area contributed by atoms with E-state index in [0.29, 0.717) is 19.8 Å². The van der Waals surface area contributed by atoms with Gasteiger partial charge in [0.25, 0.3) is 0 Å². The molecule has 0 aliphatic carbocycles. The van der Waals surface area contributed by atoms with Crippen molar-refractivity contribution in [3.63, 3.8) is 0 Å². The Morgan fingerprint density at radius 2 is 2.00 bits per heavy atom. The molecule has 3 nitrogen and oxygen atoms in total. The summed E-state index contributed by atoms with van der Waals surface area (Å²) in [5.74, 6) is 0.834. The van der Waals surface area contributed by atoms with Gasteiger partial charge in [0.05, 0.1) is 6.61 Å². The van der Waals surface area contributed by atoms with Gasteiger partial charge in [0.1, 0.15) is 18.0 Å². The molecule has 0 amide bonds. The van der Waals surface area contributed by atoms with Crippen LogP contribution in [0.25, 0.3) is 11.0 Å². The number of thiophene rings is 1. The highest BCUT2D eigenvalue weighted by molar-refractivity contribution is 7.09. The maximum atomic E-state index is 5.81. The predicted molar refractivity (Wildman–Crippen MR) is 76.9 cm³/mol. The fourth-order valence-corrected chi connectivity index (χ4v) is 2.77. The molecule has 0 saturated heterocycles. The fourth-order valence-electron chi connectivity index (χ4n) is 2.13. The van der Waals surface area contributed by atoms with E-state index in [2.05, 4.69) is 6.07 Å². The molecule has 2 heterocycles.